The van der Waals surface area contributed by atoms with Crippen LogP contribution in [0.4, 0.5) is 22.0 Å². The van der Waals surface area contributed by atoms with E-state index in [4.69, 9.17) is 0 Å². The second-order valence-corrected chi connectivity index (χ2v) is 6.30. The van der Waals surface area contributed by atoms with Crippen molar-refractivity contribution in [1.29, 1.82) is 0 Å². The molecule has 1 atom stereocenters. The average molecular weight is 340 g/mol. The maximum absolute atomic E-state index is 14.8. The predicted molar refractivity (Wildman–Crippen MR) is 82.1 cm³/mol. The van der Waals surface area contributed by atoms with Gasteiger partial charge in [0.05, 0.1) is 5.56 Å². The van der Waals surface area contributed by atoms with Crippen molar-refractivity contribution in [3.05, 3.63) is 58.4 Å². The Hall–Kier alpha value is -1.91. The van der Waals surface area contributed by atoms with Crippen LogP contribution in [0.5, 0.6) is 0 Å². The molecular weight excluding hydrogens is 323 g/mol. The van der Waals surface area contributed by atoms with E-state index >= 15 is 0 Å². The number of hydrogen-bond acceptors (Lipinski definition) is 0. The van der Waals surface area contributed by atoms with E-state index in [0.29, 0.717) is 25.3 Å². The summed E-state index contributed by atoms with van der Waals surface area (Å²) in [6, 6.07) is 2.51. The lowest BCUT2D eigenvalue weighted by atomic mass is 9.80. The first-order valence-electron chi connectivity index (χ1n) is 8.07. The standard InChI is InChI=1S/C19H17F5/c1-2-3-10-4-6-12-13(8-10)18(23)19(24)16(17(12)22)11-5-7-14(20)15(21)9-11/h5,7,9-10H,2-4,6,8H2,1H3. The van der Waals surface area contributed by atoms with E-state index < -0.39 is 34.6 Å². The highest BCUT2D eigenvalue weighted by molar-refractivity contribution is 5.67. The van der Waals surface area contributed by atoms with Crippen LogP contribution in [0.25, 0.3) is 11.1 Å². The molecule has 0 spiro atoms. The normalized spacial score (nSPS) is 17.0. The van der Waals surface area contributed by atoms with Crippen molar-refractivity contribution in [3.8, 4) is 11.1 Å². The van der Waals surface area contributed by atoms with Crippen LogP contribution in [-0.4, -0.2) is 0 Å². The fraction of sp³-hybridized carbons (Fsp3) is 0.368. The molecule has 2 aromatic carbocycles. The topological polar surface area (TPSA) is 0 Å². The second-order valence-electron chi connectivity index (χ2n) is 6.30. The van der Waals surface area contributed by atoms with Crippen LogP contribution in [-0.2, 0) is 12.8 Å². The van der Waals surface area contributed by atoms with Gasteiger partial charge >= 0.3 is 0 Å². The fourth-order valence-electron chi connectivity index (χ4n) is 3.53. The van der Waals surface area contributed by atoms with Gasteiger partial charge < -0.3 is 0 Å². The number of rotatable bonds is 3. The molecular formula is C19H17F5. The van der Waals surface area contributed by atoms with Crippen molar-refractivity contribution in [1.82, 2.24) is 0 Å². The Bertz CT molecular complexity index is 782. The summed E-state index contributed by atoms with van der Waals surface area (Å²) in [6.07, 6.45) is 3.15. The van der Waals surface area contributed by atoms with Crippen LogP contribution in [0.15, 0.2) is 18.2 Å². The largest absolute Gasteiger partial charge is 0.206 e. The Labute approximate surface area is 137 Å². The van der Waals surface area contributed by atoms with Crippen LogP contribution in [0.3, 0.4) is 0 Å². The molecule has 1 aliphatic rings. The molecule has 0 bridgehead atoms. The molecule has 0 radical (unpaired) electrons. The van der Waals surface area contributed by atoms with Crippen molar-refractivity contribution < 1.29 is 22.0 Å². The zero-order chi connectivity index (χ0) is 17.4. The van der Waals surface area contributed by atoms with Gasteiger partial charge in [0, 0.05) is 0 Å². The molecule has 0 fully saturated rings. The fourth-order valence-corrected chi connectivity index (χ4v) is 3.53. The molecule has 128 valence electrons. The van der Waals surface area contributed by atoms with Crippen molar-refractivity contribution in [2.45, 2.75) is 39.0 Å². The third-order valence-electron chi connectivity index (χ3n) is 4.73. The molecule has 24 heavy (non-hydrogen) atoms. The van der Waals surface area contributed by atoms with Gasteiger partial charge in [-0.2, -0.15) is 0 Å². The third-order valence-corrected chi connectivity index (χ3v) is 4.73. The molecule has 5 heteroatoms. The average Bonchev–Trinajstić information content (AvgIpc) is 2.56. The van der Waals surface area contributed by atoms with Crippen LogP contribution < -0.4 is 0 Å². The summed E-state index contributed by atoms with van der Waals surface area (Å²) in [4.78, 5) is 0. The Morgan fingerprint density at radius 2 is 1.67 bits per heavy atom. The first-order chi connectivity index (χ1) is 11.4. The van der Waals surface area contributed by atoms with Crippen LogP contribution in [0.2, 0.25) is 0 Å². The lowest BCUT2D eigenvalue weighted by Crippen LogP contribution is -2.19. The SMILES string of the molecule is CCCC1CCc2c(F)c(-c3ccc(F)c(F)c3)c(F)c(F)c2C1. The molecule has 3 rings (SSSR count). The molecule has 0 aromatic heterocycles. The van der Waals surface area contributed by atoms with Gasteiger partial charge in [0.2, 0.25) is 0 Å². The van der Waals surface area contributed by atoms with E-state index in [-0.39, 0.29) is 22.6 Å². The number of benzene rings is 2. The predicted octanol–water partition coefficient (Wildman–Crippen LogP) is 5.95. The number of fused-ring (bicyclic) bond motifs is 1. The van der Waals surface area contributed by atoms with Gasteiger partial charge in [-0.15, -0.1) is 0 Å². The molecule has 1 unspecified atom stereocenters. The van der Waals surface area contributed by atoms with Crippen LogP contribution in [0.1, 0.15) is 37.3 Å². The van der Waals surface area contributed by atoms with Crippen LogP contribution >= 0.6 is 0 Å². The summed E-state index contributed by atoms with van der Waals surface area (Å²) in [5.41, 5.74) is -0.595. The molecule has 0 aliphatic heterocycles. The molecule has 0 amide bonds. The summed E-state index contributed by atoms with van der Waals surface area (Å²) in [5.74, 6) is -5.43. The minimum atomic E-state index is -1.34. The first-order valence-corrected chi connectivity index (χ1v) is 8.07. The highest BCUT2D eigenvalue weighted by Crippen LogP contribution is 2.38. The van der Waals surface area contributed by atoms with Gasteiger partial charge in [-0.3, -0.25) is 0 Å². The molecule has 0 nitrogen and oxygen atoms in total. The maximum Gasteiger partial charge on any atom is 0.169 e. The van der Waals surface area contributed by atoms with Gasteiger partial charge in [-0.1, -0.05) is 25.8 Å². The highest BCUT2D eigenvalue weighted by atomic mass is 19.2. The van der Waals surface area contributed by atoms with Gasteiger partial charge in [0.25, 0.3) is 0 Å². The minimum Gasteiger partial charge on any atom is -0.206 e. The zero-order valence-electron chi connectivity index (χ0n) is 13.2. The maximum atomic E-state index is 14.8. The molecule has 0 saturated heterocycles. The Morgan fingerprint density at radius 3 is 2.33 bits per heavy atom. The monoisotopic (exact) mass is 340 g/mol. The Balaban J connectivity index is 2.13. The van der Waals surface area contributed by atoms with Crippen LogP contribution in [0, 0.1) is 35.0 Å². The smallest absolute Gasteiger partial charge is 0.169 e. The Kier molecular flexibility index (Phi) is 4.61. The van der Waals surface area contributed by atoms with Gasteiger partial charge in [-0.05, 0) is 54.0 Å². The lowest BCUT2D eigenvalue weighted by molar-refractivity contribution is 0.391. The molecule has 0 heterocycles. The van der Waals surface area contributed by atoms with E-state index in [0.717, 1.165) is 25.0 Å². The van der Waals surface area contributed by atoms with E-state index in [1.54, 1.807) is 0 Å². The van der Waals surface area contributed by atoms with Crippen molar-refractivity contribution >= 4 is 0 Å². The van der Waals surface area contributed by atoms with E-state index in [9.17, 15) is 22.0 Å². The quantitative estimate of drug-likeness (QED) is 0.478. The number of hydrogen-bond donors (Lipinski definition) is 0. The summed E-state index contributed by atoms with van der Waals surface area (Å²) >= 11 is 0. The van der Waals surface area contributed by atoms with Gasteiger partial charge in [0.1, 0.15) is 5.82 Å². The summed E-state index contributed by atoms with van der Waals surface area (Å²) in [7, 11) is 0. The van der Waals surface area contributed by atoms with Crippen molar-refractivity contribution in [3.63, 3.8) is 0 Å². The first kappa shape index (κ1) is 16.9. The van der Waals surface area contributed by atoms with E-state index in [1.807, 2.05) is 6.92 Å². The van der Waals surface area contributed by atoms with E-state index in [2.05, 4.69) is 0 Å². The van der Waals surface area contributed by atoms with Gasteiger partial charge in [-0.25, -0.2) is 22.0 Å². The second kappa shape index (κ2) is 6.54. The Morgan fingerprint density at radius 1 is 0.917 bits per heavy atom. The summed E-state index contributed by atoms with van der Waals surface area (Å²) < 4.78 is 70.2. The zero-order valence-corrected chi connectivity index (χ0v) is 13.2. The van der Waals surface area contributed by atoms with Crippen molar-refractivity contribution in [2.75, 3.05) is 0 Å². The summed E-state index contributed by atoms with van der Waals surface area (Å²) in [6.45, 7) is 2.01. The van der Waals surface area contributed by atoms with Crippen molar-refractivity contribution in [2.24, 2.45) is 5.92 Å². The molecule has 1 aliphatic carbocycles. The van der Waals surface area contributed by atoms with Gasteiger partial charge in [0.15, 0.2) is 23.3 Å². The number of halogens is 5. The minimum absolute atomic E-state index is 0.0843. The molecule has 0 N–H and O–H groups in total. The highest BCUT2D eigenvalue weighted by Gasteiger charge is 2.30. The third kappa shape index (κ3) is 2.80. The summed E-state index contributed by atoms with van der Waals surface area (Å²) in [5, 5.41) is 0. The lowest BCUT2D eigenvalue weighted by Gasteiger charge is -2.26. The molecule has 2 aromatic rings. The molecule has 0 saturated carbocycles. The van der Waals surface area contributed by atoms with E-state index in [1.165, 1.54) is 0 Å².